The van der Waals surface area contributed by atoms with Crippen molar-refractivity contribution in [2.75, 3.05) is 6.54 Å². The van der Waals surface area contributed by atoms with E-state index in [-0.39, 0.29) is 0 Å². The van der Waals surface area contributed by atoms with Crippen LogP contribution in [0.2, 0.25) is 5.02 Å². The molecule has 0 saturated heterocycles. The summed E-state index contributed by atoms with van der Waals surface area (Å²) < 4.78 is 2.26. The molecule has 0 saturated carbocycles. The first kappa shape index (κ1) is 13.2. The van der Waals surface area contributed by atoms with Crippen LogP contribution in [0.5, 0.6) is 0 Å². The van der Waals surface area contributed by atoms with Crippen molar-refractivity contribution in [3.63, 3.8) is 0 Å². The van der Waals surface area contributed by atoms with Crippen molar-refractivity contribution in [2.24, 2.45) is 5.73 Å². The van der Waals surface area contributed by atoms with Crippen LogP contribution in [0.15, 0.2) is 54.7 Å². The first-order valence-electron chi connectivity index (χ1n) is 6.79. The summed E-state index contributed by atoms with van der Waals surface area (Å²) in [6.07, 6.45) is 3.06. The van der Waals surface area contributed by atoms with Gasteiger partial charge in [0.15, 0.2) is 0 Å². The molecule has 0 unspecified atom stereocenters. The number of hydrogen-bond acceptors (Lipinski definition) is 1. The van der Waals surface area contributed by atoms with E-state index in [9.17, 15) is 0 Å². The fraction of sp³-hybridized carbons (Fsp3) is 0.176. The summed E-state index contributed by atoms with van der Waals surface area (Å²) >= 11 is 5.93. The van der Waals surface area contributed by atoms with Crippen molar-refractivity contribution in [1.29, 1.82) is 0 Å². The standard InChI is InChI=1S/C17H17ClN2/c18-15-6-4-13(5-7-15)12-20-11-9-16-14(8-10-19)2-1-3-17(16)20/h1-7,9,11H,8,10,12,19H2. The fourth-order valence-electron chi connectivity index (χ4n) is 2.59. The molecular formula is C17H17ClN2. The molecule has 0 aliphatic heterocycles. The van der Waals surface area contributed by atoms with Gasteiger partial charge >= 0.3 is 0 Å². The van der Waals surface area contributed by atoms with Crippen LogP contribution in [0.25, 0.3) is 10.9 Å². The molecule has 0 aliphatic carbocycles. The Kier molecular flexibility index (Phi) is 3.77. The average Bonchev–Trinajstić information content (AvgIpc) is 2.86. The van der Waals surface area contributed by atoms with Crippen molar-refractivity contribution < 1.29 is 0 Å². The Morgan fingerprint density at radius 2 is 1.80 bits per heavy atom. The Morgan fingerprint density at radius 1 is 1.00 bits per heavy atom. The van der Waals surface area contributed by atoms with E-state index in [1.807, 2.05) is 12.1 Å². The molecule has 2 N–H and O–H groups in total. The van der Waals surface area contributed by atoms with Crippen LogP contribution in [-0.2, 0) is 13.0 Å². The summed E-state index contributed by atoms with van der Waals surface area (Å²) in [4.78, 5) is 0. The minimum absolute atomic E-state index is 0.682. The maximum atomic E-state index is 5.93. The first-order valence-corrected chi connectivity index (χ1v) is 7.17. The molecule has 0 aliphatic rings. The van der Waals surface area contributed by atoms with Gasteiger partial charge in [-0.1, -0.05) is 35.9 Å². The SMILES string of the molecule is NCCc1cccc2c1ccn2Cc1ccc(Cl)cc1. The van der Waals surface area contributed by atoms with Gasteiger partial charge in [0.2, 0.25) is 0 Å². The van der Waals surface area contributed by atoms with E-state index in [0.717, 1.165) is 18.0 Å². The van der Waals surface area contributed by atoms with E-state index < -0.39 is 0 Å². The molecule has 20 heavy (non-hydrogen) atoms. The average molecular weight is 285 g/mol. The summed E-state index contributed by atoms with van der Waals surface area (Å²) in [5, 5.41) is 2.07. The van der Waals surface area contributed by atoms with Crippen LogP contribution in [0.1, 0.15) is 11.1 Å². The number of nitrogens with two attached hydrogens (primary N) is 1. The monoisotopic (exact) mass is 284 g/mol. The van der Waals surface area contributed by atoms with Crippen molar-refractivity contribution in [3.8, 4) is 0 Å². The van der Waals surface area contributed by atoms with Gasteiger partial charge < -0.3 is 10.3 Å². The van der Waals surface area contributed by atoms with Gasteiger partial charge in [0, 0.05) is 28.7 Å². The number of halogens is 1. The summed E-state index contributed by atoms with van der Waals surface area (Å²) in [5.74, 6) is 0. The molecule has 2 aromatic carbocycles. The van der Waals surface area contributed by atoms with Crippen LogP contribution in [0.3, 0.4) is 0 Å². The van der Waals surface area contributed by atoms with Crippen LogP contribution >= 0.6 is 11.6 Å². The Morgan fingerprint density at radius 3 is 2.55 bits per heavy atom. The van der Waals surface area contributed by atoms with E-state index >= 15 is 0 Å². The van der Waals surface area contributed by atoms with E-state index in [0.29, 0.717) is 6.54 Å². The quantitative estimate of drug-likeness (QED) is 0.775. The second-order valence-electron chi connectivity index (χ2n) is 4.96. The zero-order valence-electron chi connectivity index (χ0n) is 11.2. The molecule has 102 valence electrons. The lowest BCUT2D eigenvalue weighted by molar-refractivity contribution is 0.836. The van der Waals surface area contributed by atoms with Crippen LogP contribution in [0.4, 0.5) is 0 Å². The molecule has 3 rings (SSSR count). The lowest BCUT2D eigenvalue weighted by atomic mass is 10.1. The maximum absolute atomic E-state index is 5.93. The molecule has 3 aromatic rings. The summed E-state index contributed by atoms with van der Waals surface area (Å²) in [7, 11) is 0. The molecule has 1 heterocycles. The van der Waals surface area contributed by atoms with Gasteiger partial charge in [-0.25, -0.2) is 0 Å². The van der Waals surface area contributed by atoms with Crippen LogP contribution < -0.4 is 5.73 Å². The minimum Gasteiger partial charge on any atom is -0.343 e. The molecule has 1 aromatic heterocycles. The summed E-state index contributed by atoms with van der Waals surface area (Å²) in [6, 6.07) is 16.6. The zero-order chi connectivity index (χ0) is 13.9. The molecule has 2 nitrogen and oxygen atoms in total. The van der Waals surface area contributed by atoms with Gasteiger partial charge in [-0.2, -0.15) is 0 Å². The fourth-order valence-corrected chi connectivity index (χ4v) is 2.71. The number of rotatable bonds is 4. The van der Waals surface area contributed by atoms with Crippen LogP contribution in [0, 0.1) is 0 Å². The maximum Gasteiger partial charge on any atom is 0.0486 e. The minimum atomic E-state index is 0.682. The highest BCUT2D eigenvalue weighted by molar-refractivity contribution is 6.30. The highest BCUT2D eigenvalue weighted by Crippen LogP contribution is 2.22. The smallest absolute Gasteiger partial charge is 0.0486 e. The molecule has 0 spiro atoms. The zero-order valence-corrected chi connectivity index (χ0v) is 12.0. The van der Waals surface area contributed by atoms with E-state index in [1.54, 1.807) is 0 Å². The second kappa shape index (κ2) is 5.70. The second-order valence-corrected chi connectivity index (χ2v) is 5.40. The van der Waals surface area contributed by atoms with E-state index in [1.165, 1.54) is 22.0 Å². The predicted octanol–water partition coefficient (Wildman–Crippen LogP) is 3.84. The molecule has 0 amide bonds. The van der Waals surface area contributed by atoms with E-state index in [4.69, 9.17) is 17.3 Å². The van der Waals surface area contributed by atoms with Crippen molar-refractivity contribution in [1.82, 2.24) is 4.57 Å². The summed E-state index contributed by atoms with van der Waals surface area (Å²) in [6.45, 7) is 1.54. The third-order valence-corrected chi connectivity index (χ3v) is 3.84. The van der Waals surface area contributed by atoms with Gasteiger partial charge in [0.05, 0.1) is 0 Å². The Balaban J connectivity index is 1.96. The highest BCUT2D eigenvalue weighted by Gasteiger charge is 2.05. The Labute approximate surface area is 123 Å². The van der Waals surface area contributed by atoms with Crippen molar-refractivity contribution in [3.05, 3.63) is 70.9 Å². The lowest BCUT2D eigenvalue weighted by Crippen LogP contribution is -2.03. The number of hydrogen-bond donors (Lipinski definition) is 1. The van der Waals surface area contributed by atoms with Crippen molar-refractivity contribution in [2.45, 2.75) is 13.0 Å². The van der Waals surface area contributed by atoms with Gasteiger partial charge in [-0.15, -0.1) is 0 Å². The largest absolute Gasteiger partial charge is 0.343 e. The number of aromatic nitrogens is 1. The van der Waals surface area contributed by atoms with Crippen molar-refractivity contribution >= 4 is 22.5 Å². The van der Waals surface area contributed by atoms with Gasteiger partial charge in [-0.05, 0) is 48.4 Å². The highest BCUT2D eigenvalue weighted by atomic mass is 35.5. The molecule has 0 bridgehead atoms. The van der Waals surface area contributed by atoms with Gasteiger partial charge in [0.1, 0.15) is 0 Å². The number of nitrogens with zero attached hydrogens (tertiary/aromatic N) is 1. The molecule has 3 heteroatoms. The molecule has 0 radical (unpaired) electrons. The topological polar surface area (TPSA) is 30.9 Å². The Bertz CT molecular complexity index is 713. The van der Waals surface area contributed by atoms with Gasteiger partial charge in [0.25, 0.3) is 0 Å². The molecule has 0 atom stereocenters. The number of benzene rings is 2. The molecular weight excluding hydrogens is 268 g/mol. The van der Waals surface area contributed by atoms with E-state index in [2.05, 4.69) is 47.2 Å². The summed E-state index contributed by atoms with van der Waals surface area (Å²) in [5.41, 5.74) is 9.50. The Hall–Kier alpha value is -1.77. The molecule has 0 fully saturated rings. The normalized spacial score (nSPS) is 11.1. The lowest BCUT2D eigenvalue weighted by Gasteiger charge is -2.07. The predicted molar refractivity (Wildman–Crippen MR) is 85.3 cm³/mol. The first-order chi connectivity index (χ1) is 9.78. The third kappa shape index (κ3) is 2.58. The number of fused-ring (bicyclic) bond motifs is 1. The third-order valence-electron chi connectivity index (χ3n) is 3.58. The van der Waals surface area contributed by atoms with Crippen LogP contribution in [-0.4, -0.2) is 11.1 Å². The van der Waals surface area contributed by atoms with Gasteiger partial charge in [-0.3, -0.25) is 0 Å².